The predicted octanol–water partition coefficient (Wildman–Crippen LogP) is 4.33. The van der Waals surface area contributed by atoms with Crippen LogP contribution >= 0.6 is 24.0 Å². The summed E-state index contributed by atoms with van der Waals surface area (Å²) < 4.78 is 41.2. The Labute approximate surface area is 175 Å². The zero-order chi connectivity index (χ0) is 18.6. The molecule has 1 aliphatic heterocycles. The van der Waals surface area contributed by atoms with Crippen molar-refractivity contribution in [3.05, 3.63) is 35.4 Å². The van der Waals surface area contributed by atoms with E-state index in [1.807, 2.05) is 18.2 Å². The molecule has 1 saturated carbocycles. The van der Waals surface area contributed by atoms with Crippen LogP contribution < -0.4 is 5.32 Å². The Morgan fingerprint density at radius 2 is 2.00 bits per heavy atom. The van der Waals surface area contributed by atoms with Crippen LogP contribution in [-0.4, -0.2) is 43.8 Å². The molecule has 1 heterocycles. The number of benzene rings is 1. The minimum absolute atomic E-state index is 0. The first-order valence-corrected chi connectivity index (χ1v) is 9.07. The van der Waals surface area contributed by atoms with Gasteiger partial charge in [0.25, 0.3) is 0 Å². The summed E-state index contributed by atoms with van der Waals surface area (Å²) in [6.07, 6.45) is 0.920. The highest BCUT2D eigenvalue weighted by atomic mass is 127. The number of rotatable bonds is 5. The van der Waals surface area contributed by atoms with E-state index in [1.54, 1.807) is 13.1 Å². The molecule has 1 N–H and O–H groups in total. The van der Waals surface area contributed by atoms with Crippen molar-refractivity contribution in [3.63, 3.8) is 0 Å². The smallest absolute Gasteiger partial charge is 0.367 e. The van der Waals surface area contributed by atoms with Crippen LogP contribution in [0, 0.1) is 5.41 Å². The van der Waals surface area contributed by atoms with Crippen LogP contribution in [0.4, 0.5) is 13.2 Å². The summed E-state index contributed by atoms with van der Waals surface area (Å²) in [5.74, 6) is 0.896. The molecule has 1 saturated heterocycles. The lowest BCUT2D eigenvalue weighted by molar-refractivity contribution is -0.176. The average Bonchev–Trinajstić information content (AvgIpc) is 3.01. The van der Waals surface area contributed by atoms with E-state index in [9.17, 15) is 13.2 Å². The van der Waals surface area contributed by atoms with Gasteiger partial charge in [0.05, 0.1) is 6.61 Å². The molecule has 1 aliphatic carbocycles. The van der Waals surface area contributed by atoms with Gasteiger partial charge in [-0.2, -0.15) is 13.2 Å². The monoisotopic (exact) mass is 497 g/mol. The zero-order valence-corrected chi connectivity index (χ0v) is 17.8. The van der Waals surface area contributed by atoms with Gasteiger partial charge >= 0.3 is 6.18 Å². The molecule has 2 fully saturated rings. The molecule has 1 spiro atoms. The molecular weight excluding hydrogens is 470 g/mol. The first kappa shape index (κ1) is 22.3. The maximum atomic E-state index is 12.2. The second kappa shape index (κ2) is 9.45. The van der Waals surface area contributed by atoms with Gasteiger partial charge in [-0.15, -0.1) is 24.0 Å². The molecule has 1 aromatic rings. The zero-order valence-electron chi connectivity index (χ0n) is 15.5. The number of halogens is 4. The maximum absolute atomic E-state index is 12.2. The van der Waals surface area contributed by atoms with Gasteiger partial charge < -0.3 is 15.0 Å². The molecule has 4 nitrogen and oxygen atoms in total. The van der Waals surface area contributed by atoms with Gasteiger partial charge in [0.15, 0.2) is 5.96 Å². The highest BCUT2D eigenvalue weighted by Crippen LogP contribution is 2.47. The minimum atomic E-state index is -4.29. The van der Waals surface area contributed by atoms with Crippen molar-refractivity contribution in [1.29, 1.82) is 0 Å². The van der Waals surface area contributed by atoms with Crippen molar-refractivity contribution in [2.45, 2.75) is 45.0 Å². The van der Waals surface area contributed by atoms with Crippen LogP contribution in [0.25, 0.3) is 0 Å². The van der Waals surface area contributed by atoms with Crippen molar-refractivity contribution in [2.75, 3.05) is 26.7 Å². The Hall–Kier alpha value is -1.03. The number of hydrogen-bond donors (Lipinski definition) is 1. The lowest BCUT2D eigenvalue weighted by Gasteiger charge is -2.38. The van der Waals surface area contributed by atoms with Gasteiger partial charge in [0.2, 0.25) is 0 Å². The predicted molar refractivity (Wildman–Crippen MR) is 110 cm³/mol. The van der Waals surface area contributed by atoms with Crippen molar-refractivity contribution < 1.29 is 17.9 Å². The van der Waals surface area contributed by atoms with E-state index < -0.39 is 12.8 Å². The van der Waals surface area contributed by atoms with E-state index in [0.29, 0.717) is 12.0 Å². The van der Waals surface area contributed by atoms with Gasteiger partial charge in [-0.3, -0.25) is 4.99 Å². The molecular formula is C19H27F3IN3O. The maximum Gasteiger partial charge on any atom is 0.411 e. The number of hydrogen-bond acceptors (Lipinski definition) is 2. The molecule has 3 rings (SSSR count). The van der Waals surface area contributed by atoms with Gasteiger partial charge in [-0.25, -0.2) is 0 Å². The van der Waals surface area contributed by atoms with Gasteiger partial charge in [0.1, 0.15) is 6.61 Å². The van der Waals surface area contributed by atoms with E-state index in [0.717, 1.165) is 30.2 Å². The largest absolute Gasteiger partial charge is 0.411 e. The molecule has 0 bridgehead atoms. The highest BCUT2D eigenvalue weighted by Gasteiger charge is 2.43. The molecule has 0 amide bonds. The van der Waals surface area contributed by atoms with E-state index in [2.05, 4.69) is 15.2 Å². The van der Waals surface area contributed by atoms with Crippen molar-refractivity contribution >= 4 is 29.9 Å². The van der Waals surface area contributed by atoms with Crippen LogP contribution in [0.5, 0.6) is 0 Å². The van der Waals surface area contributed by atoms with E-state index in [1.165, 1.54) is 25.7 Å². The number of guanidine groups is 1. The summed E-state index contributed by atoms with van der Waals surface area (Å²) in [6.45, 7) is 1.42. The first-order valence-electron chi connectivity index (χ1n) is 9.07. The number of ether oxygens (including phenoxy) is 1. The Balaban J connectivity index is 0.00000261. The fourth-order valence-corrected chi connectivity index (χ4v) is 3.83. The van der Waals surface area contributed by atoms with Crippen molar-refractivity contribution in [2.24, 2.45) is 10.4 Å². The fraction of sp³-hybridized carbons (Fsp3) is 0.632. The molecule has 0 radical (unpaired) electrons. The summed E-state index contributed by atoms with van der Waals surface area (Å²) in [5.41, 5.74) is 2.24. The van der Waals surface area contributed by atoms with Crippen LogP contribution in [0.3, 0.4) is 0 Å². The number of alkyl halides is 3. The summed E-state index contributed by atoms with van der Waals surface area (Å²) in [5, 5.41) is 3.38. The molecule has 27 heavy (non-hydrogen) atoms. The van der Waals surface area contributed by atoms with E-state index >= 15 is 0 Å². The number of nitrogens with one attached hydrogen (secondary N) is 1. The summed E-state index contributed by atoms with van der Waals surface area (Å²) >= 11 is 0. The van der Waals surface area contributed by atoms with Crippen LogP contribution in [0.1, 0.15) is 36.8 Å². The van der Waals surface area contributed by atoms with Crippen LogP contribution in [0.15, 0.2) is 29.3 Å². The quantitative estimate of drug-likeness (QED) is 0.374. The lowest BCUT2D eigenvalue weighted by atomic mass is 9.68. The number of nitrogens with zero attached hydrogens (tertiary/aromatic N) is 2. The van der Waals surface area contributed by atoms with E-state index in [-0.39, 0.29) is 30.6 Å². The highest BCUT2D eigenvalue weighted by molar-refractivity contribution is 14.0. The Morgan fingerprint density at radius 3 is 2.59 bits per heavy atom. The van der Waals surface area contributed by atoms with Gasteiger partial charge in [-0.05, 0) is 35.8 Å². The molecule has 0 aromatic heterocycles. The second-order valence-electron chi connectivity index (χ2n) is 7.35. The Bertz CT molecular complexity index is 647. The average molecular weight is 497 g/mol. The molecule has 0 atom stereocenters. The summed E-state index contributed by atoms with van der Waals surface area (Å²) in [7, 11) is 1.79. The van der Waals surface area contributed by atoms with E-state index in [4.69, 9.17) is 4.74 Å². The summed E-state index contributed by atoms with van der Waals surface area (Å²) in [6, 6.07) is 7.43. The lowest BCUT2D eigenvalue weighted by Crippen LogP contribution is -2.42. The Morgan fingerprint density at radius 1 is 1.26 bits per heavy atom. The third kappa shape index (κ3) is 6.23. The fourth-order valence-electron chi connectivity index (χ4n) is 3.83. The molecule has 8 heteroatoms. The van der Waals surface area contributed by atoms with Crippen molar-refractivity contribution in [3.8, 4) is 0 Å². The Kier molecular flexibility index (Phi) is 7.79. The normalized spacial score (nSPS) is 19.0. The summed E-state index contributed by atoms with van der Waals surface area (Å²) in [4.78, 5) is 6.70. The SMILES string of the molecule is CN=C(NCc1cccc(COCC(F)(F)F)c1)N1CCC2(CCC2)C1.I. The minimum Gasteiger partial charge on any atom is -0.367 e. The molecule has 1 aromatic carbocycles. The van der Waals surface area contributed by atoms with Crippen LogP contribution in [0.2, 0.25) is 0 Å². The molecule has 2 aliphatic rings. The second-order valence-corrected chi connectivity index (χ2v) is 7.35. The topological polar surface area (TPSA) is 36.9 Å². The number of likely N-dealkylation sites (tertiary alicyclic amines) is 1. The number of aliphatic imine (C=N–C) groups is 1. The van der Waals surface area contributed by atoms with Crippen molar-refractivity contribution in [1.82, 2.24) is 10.2 Å². The third-order valence-electron chi connectivity index (χ3n) is 5.34. The standard InChI is InChI=1S/C19H26F3N3O.HI/c1-23-17(25-9-8-18(13-25)6-3-7-18)24-11-15-4-2-5-16(10-15)12-26-14-19(20,21)22;/h2,4-5,10H,3,6-9,11-14H2,1H3,(H,23,24);1H. The van der Waals surface area contributed by atoms with Gasteiger partial charge in [0, 0.05) is 26.7 Å². The van der Waals surface area contributed by atoms with Gasteiger partial charge in [-0.1, -0.05) is 30.7 Å². The molecule has 152 valence electrons. The van der Waals surface area contributed by atoms with Crippen LogP contribution in [-0.2, 0) is 17.9 Å². The first-order chi connectivity index (χ1) is 12.4. The third-order valence-corrected chi connectivity index (χ3v) is 5.34. The molecule has 0 unspecified atom stereocenters.